The number of nitrogens with one attached hydrogen (secondary N) is 1. The van der Waals surface area contributed by atoms with Crippen molar-refractivity contribution in [3.05, 3.63) is 65.7 Å². The summed E-state index contributed by atoms with van der Waals surface area (Å²) in [6, 6.07) is 13.9. The number of ether oxygens (including phenoxy) is 1. The number of sulfonamides is 1. The van der Waals surface area contributed by atoms with Crippen LogP contribution in [-0.2, 0) is 24.3 Å². The van der Waals surface area contributed by atoms with E-state index < -0.39 is 28.5 Å². The van der Waals surface area contributed by atoms with Crippen LogP contribution in [-0.4, -0.2) is 44.3 Å². The van der Waals surface area contributed by atoms with E-state index in [0.29, 0.717) is 24.7 Å². The average molecular weight is 457 g/mol. The van der Waals surface area contributed by atoms with Gasteiger partial charge in [-0.2, -0.15) is 4.31 Å². The summed E-state index contributed by atoms with van der Waals surface area (Å²) in [4.78, 5) is 24.2. The summed E-state index contributed by atoms with van der Waals surface area (Å²) in [5.74, 6) is -0.764. The minimum absolute atomic E-state index is 0.126. The van der Waals surface area contributed by atoms with E-state index >= 15 is 0 Å². The molecule has 3 rings (SSSR count). The molecule has 1 N–H and O–H groups in total. The van der Waals surface area contributed by atoms with Gasteiger partial charge in [0.2, 0.25) is 10.0 Å². The summed E-state index contributed by atoms with van der Waals surface area (Å²) >= 11 is 0. The summed E-state index contributed by atoms with van der Waals surface area (Å²) in [7, 11) is -3.58. The molecule has 1 aliphatic rings. The highest BCUT2D eigenvalue weighted by Gasteiger charge is 2.27. The molecule has 0 unspecified atom stereocenters. The molecule has 2 aromatic rings. The smallest absolute Gasteiger partial charge is 0.331 e. The van der Waals surface area contributed by atoms with Gasteiger partial charge in [0.15, 0.2) is 6.61 Å². The van der Waals surface area contributed by atoms with Crippen molar-refractivity contribution < 1.29 is 22.7 Å². The van der Waals surface area contributed by atoms with E-state index in [0.717, 1.165) is 18.4 Å². The number of benzene rings is 2. The number of amides is 1. The lowest BCUT2D eigenvalue weighted by atomic mass is 10.0. The van der Waals surface area contributed by atoms with Crippen LogP contribution in [0.5, 0.6) is 0 Å². The lowest BCUT2D eigenvalue weighted by Gasteiger charge is -2.16. The van der Waals surface area contributed by atoms with E-state index in [1.807, 2.05) is 24.3 Å². The molecule has 0 saturated carbocycles. The number of carbonyl (C=O) groups excluding carboxylic acids is 2. The van der Waals surface area contributed by atoms with Crippen molar-refractivity contribution in [2.24, 2.45) is 0 Å². The normalized spacial score (nSPS) is 14.7. The van der Waals surface area contributed by atoms with Crippen molar-refractivity contribution >= 4 is 33.7 Å². The third-order valence-electron chi connectivity index (χ3n) is 5.18. The second-order valence-electron chi connectivity index (χ2n) is 7.95. The monoisotopic (exact) mass is 456 g/mol. The molecule has 0 radical (unpaired) electrons. The molecule has 1 fully saturated rings. The average Bonchev–Trinajstić information content (AvgIpc) is 3.33. The molecular weight excluding hydrogens is 428 g/mol. The van der Waals surface area contributed by atoms with Gasteiger partial charge in [0.25, 0.3) is 5.91 Å². The van der Waals surface area contributed by atoms with Gasteiger partial charge in [0.1, 0.15) is 0 Å². The molecule has 7 nitrogen and oxygen atoms in total. The van der Waals surface area contributed by atoms with Gasteiger partial charge in [-0.15, -0.1) is 0 Å². The highest BCUT2D eigenvalue weighted by molar-refractivity contribution is 7.89. The second-order valence-corrected chi connectivity index (χ2v) is 9.89. The molecule has 0 aromatic heterocycles. The first-order valence-electron chi connectivity index (χ1n) is 10.6. The van der Waals surface area contributed by atoms with Gasteiger partial charge in [-0.25, -0.2) is 13.2 Å². The predicted molar refractivity (Wildman–Crippen MR) is 124 cm³/mol. The van der Waals surface area contributed by atoms with Crippen LogP contribution in [0, 0.1) is 0 Å². The zero-order valence-corrected chi connectivity index (χ0v) is 19.1. The molecule has 0 spiro atoms. The fourth-order valence-electron chi connectivity index (χ4n) is 3.35. The lowest BCUT2D eigenvalue weighted by Crippen LogP contribution is -2.28. The fourth-order valence-corrected chi connectivity index (χ4v) is 4.91. The molecule has 1 aliphatic heterocycles. The van der Waals surface area contributed by atoms with Gasteiger partial charge >= 0.3 is 5.97 Å². The maximum atomic E-state index is 12.7. The van der Waals surface area contributed by atoms with Crippen molar-refractivity contribution in [2.75, 3.05) is 25.0 Å². The topological polar surface area (TPSA) is 92.8 Å². The van der Waals surface area contributed by atoms with Crippen LogP contribution in [0.15, 0.2) is 59.5 Å². The van der Waals surface area contributed by atoms with Crippen LogP contribution < -0.4 is 5.32 Å². The second kappa shape index (κ2) is 10.6. The highest BCUT2D eigenvalue weighted by atomic mass is 32.2. The van der Waals surface area contributed by atoms with Gasteiger partial charge in [0, 0.05) is 24.9 Å². The molecule has 170 valence electrons. The third kappa shape index (κ3) is 6.27. The van der Waals surface area contributed by atoms with Crippen molar-refractivity contribution in [1.29, 1.82) is 0 Å². The number of anilines is 1. The Kier molecular flexibility index (Phi) is 7.82. The van der Waals surface area contributed by atoms with E-state index in [4.69, 9.17) is 4.74 Å². The van der Waals surface area contributed by atoms with Gasteiger partial charge in [0.05, 0.1) is 4.90 Å². The SMILES string of the molecule is CC(C)c1ccc(/C=C/C(=O)OCC(=O)Nc2cccc(S(=O)(=O)N3CCCC3)c2)cc1. The van der Waals surface area contributed by atoms with E-state index in [2.05, 4.69) is 19.2 Å². The van der Waals surface area contributed by atoms with Gasteiger partial charge in [-0.3, -0.25) is 4.79 Å². The van der Waals surface area contributed by atoms with Crippen LogP contribution in [0.4, 0.5) is 5.69 Å². The Hall–Kier alpha value is -2.97. The molecular formula is C24H28N2O5S. The van der Waals surface area contributed by atoms with Crippen molar-refractivity contribution in [2.45, 2.75) is 37.5 Å². The Morgan fingerprint density at radius 1 is 1.09 bits per heavy atom. The van der Waals surface area contributed by atoms with Crippen molar-refractivity contribution in [3.63, 3.8) is 0 Å². The number of hydrogen-bond donors (Lipinski definition) is 1. The molecule has 1 saturated heterocycles. The summed E-state index contributed by atoms with van der Waals surface area (Å²) in [5.41, 5.74) is 2.39. The Balaban J connectivity index is 1.52. The van der Waals surface area contributed by atoms with Crippen LogP contribution in [0.3, 0.4) is 0 Å². The summed E-state index contributed by atoms with van der Waals surface area (Å²) in [5, 5.41) is 2.57. The van der Waals surface area contributed by atoms with E-state index in [1.165, 1.54) is 28.1 Å². The minimum Gasteiger partial charge on any atom is -0.452 e. The number of nitrogens with zero attached hydrogens (tertiary/aromatic N) is 1. The fraction of sp³-hybridized carbons (Fsp3) is 0.333. The number of hydrogen-bond acceptors (Lipinski definition) is 5. The Morgan fingerprint density at radius 2 is 1.78 bits per heavy atom. The summed E-state index contributed by atoms with van der Waals surface area (Å²) in [6.07, 6.45) is 4.58. The first kappa shape index (κ1) is 23.7. The molecule has 0 bridgehead atoms. The lowest BCUT2D eigenvalue weighted by molar-refractivity contribution is -0.142. The van der Waals surface area contributed by atoms with E-state index in [-0.39, 0.29) is 4.90 Å². The summed E-state index contributed by atoms with van der Waals surface area (Å²) < 4.78 is 31.7. The highest BCUT2D eigenvalue weighted by Crippen LogP contribution is 2.23. The van der Waals surface area contributed by atoms with Crippen molar-refractivity contribution in [3.8, 4) is 0 Å². The maximum absolute atomic E-state index is 12.7. The van der Waals surface area contributed by atoms with Gasteiger partial charge in [-0.1, -0.05) is 44.2 Å². The van der Waals surface area contributed by atoms with E-state index in [1.54, 1.807) is 18.2 Å². The van der Waals surface area contributed by atoms with E-state index in [9.17, 15) is 18.0 Å². The van der Waals surface area contributed by atoms with Crippen LogP contribution in [0.1, 0.15) is 43.7 Å². The van der Waals surface area contributed by atoms with Crippen LogP contribution in [0.25, 0.3) is 6.08 Å². The third-order valence-corrected chi connectivity index (χ3v) is 7.08. The Labute approximate surface area is 189 Å². The molecule has 1 amide bonds. The number of rotatable bonds is 8. The zero-order chi connectivity index (χ0) is 23.1. The molecule has 2 aromatic carbocycles. The van der Waals surface area contributed by atoms with Gasteiger partial charge < -0.3 is 10.1 Å². The Morgan fingerprint density at radius 3 is 2.44 bits per heavy atom. The molecule has 0 aliphatic carbocycles. The molecule has 0 atom stereocenters. The largest absolute Gasteiger partial charge is 0.452 e. The number of esters is 1. The van der Waals surface area contributed by atoms with Gasteiger partial charge in [-0.05, 0) is 54.2 Å². The first-order chi connectivity index (χ1) is 15.3. The standard InChI is InChI=1S/C24H28N2O5S/c1-18(2)20-11-8-19(9-12-20)10-13-24(28)31-17-23(27)25-21-6-5-7-22(16-21)32(29,30)26-14-3-4-15-26/h5-13,16,18H,3-4,14-15,17H2,1-2H3,(H,25,27)/b13-10+. The Bertz CT molecular complexity index is 1090. The molecule has 1 heterocycles. The van der Waals surface area contributed by atoms with Crippen molar-refractivity contribution in [1.82, 2.24) is 4.31 Å². The molecule has 32 heavy (non-hydrogen) atoms. The zero-order valence-electron chi connectivity index (χ0n) is 18.3. The quantitative estimate of drug-likeness (QED) is 0.482. The van der Waals surface area contributed by atoms with Crippen LogP contribution >= 0.6 is 0 Å². The predicted octanol–water partition coefficient (Wildman–Crippen LogP) is 3.79. The van der Waals surface area contributed by atoms with Crippen LogP contribution in [0.2, 0.25) is 0 Å². The maximum Gasteiger partial charge on any atom is 0.331 e. The molecule has 8 heteroatoms. The number of carbonyl (C=O) groups is 2. The first-order valence-corrected chi connectivity index (χ1v) is 12.0. The minimum atomic E-state index is -3.58. The summed E-state index contributed by atoms with van der Waals surface area (Å²) in [6.45, 7) is 4.75.